The Morgan fingerprint density at radius 3 is 2.69 bits per heavy atom. The Labute approximate surface area is 94.9 Å². The Morgan fingerprint density at radius 2 is 2.00 bits per heavy atom. The van der Waals surface area contributed by atoms with E-state index in [1.54, 1.807) is 13.3 Å². The van der Waals surface area contributed by atoms with Crippen molar-refractivity contribution in [3.8, 4) is 16.9 Å². The molecule has 0 aliphatic heterocycles. The molecule has 0 atom stereocenters. The molecule has 2 N–H and O–H groups in total. The van der Waals surface area contributed by atoms with Crippen molar-refractivity contribution in [2.75, 3.05) is 12.8 Å². The first-order valence-electron chi connectivity index (χ1n) is 5.08. The highest BCUT2D eigenvalue weighted by Crippen LogP contribution is 2.28. The Kier molecular flexibility index (Phi) is 2.77. The van der Waals surface area contributed by atoms with E-state index < -0.39 is 0 Å². The van der Waals surface area contributed by atoms with E-state index in [1.807, 2.05) is 18.2 Å². The lowest BCUT2D eigenvalue weighted by atomic mass is 10.0. The fraction of sp³-hybridized carbons (Fsp3) is 0.154. The van der Waals surface area contributed by atoms with Gasteiger partial charge in [0.15, 0.2) is 11.6 Å². The zero-order chi connectivity index (χ0) is 11.5. The zero-order valence-corrected chi connectivity index (χ0v) is 9.40. The van der Waals surface area contributed by atoms with Crippen LogP contribution in [-0.4, -0.2) is 12.1 Å². The van der Waals surface area contributed by atoms with Crippen molar-refractivity contribution in [3.63, 3.8) is 0 Å². The van der Waals surface area contributed by atoms with E-state index in [-0.39, 0.29) is 0 Å². The van der Waals surface area contributed by atoms with Crippen molar-refractivity contribution in [3.05, 3.63) is 42.1 Å². The van der Waals surface area contributed by atoms with Crippen LogP contribution in [0.1, 0.15) is 5.56 Å². The first-order valence-corrected chi connectivity index (χ1v) is 5.08. The van der Waals surface area contributed by atoms with Gasteiger partial charge in [-0.15, -0.1) is 0 Å². The van der Waals surface area contributed by atoms with Gasteiger partial charge in [-0.05, 0) is 24.1 Å². The fourth-order valence-corrected chi connectivity index (χ4v) is 1.66. The molecular formula is C13H14N2O. The summed E-state index contributed by atoms with van der Waals surface area (Å²) in [6.45, 7) is 2.07. The van der Waals surface area contributed by atoms with Gasteiger partial charge in [-0.3, -0.25) is 0 Å². The van der Waals surface area contributed by atoms with Crippen LogP contribution in [0, 0.1) is 6.92 Å². The molecule has 0 saturated heterocycles. The number of aryl methyl sites for hydroxylation is 1. The summed E-state index contributed by atoms with van der Waals surface area (Å²) >= 11 is 0. The summed E-state index contributed by atoms with van der Waals surface area (Å²) in [6, 6.07) is 10.1. The predicted octanol–water partition coefficient (Wildman–Crippen LogP) is 2.65. The van der Waals surface area contributed by atoms with Crippen molar-refractivity contribution in [2.45, 2.75) is 6.92 Å². The number of rotatable bonds is 2. The summed E-state index contributed by atoms with van der Waals surface area (Å²) in [5, 5.41) is 0. The minimum Gasteiger partial charge on any atom is -0.493 e. The number of aromatic nitrogens is 1. The molecule has 3 heteroatoms. The highest BCUT2D eigenvalue weighted by Gasteiger charge is 2.05. The number of ether oxygens (including phenoxy) is 1. The molecular weight excluding hydrogens is 200 g/mol. The number of nitrogen functional groups attached to an aromatic ring is 1. The Hall–Kier alpha value is -2.03. The average molecular weight is 214 g/mol. The number of hydrogen-bond donors (Lipinski definition) is 1. The second-order valence-corrected chi connectivity index (χ2v) is 3.63. The predicted molar refractivity (Wildman–Crippen MR) is 65.4 cm³/mol. The zero-order valence-electron chi connectivity index (χ0n) is 9.40. The molecule has 0 aliphatic carbocycles. The van der Waals surface area contributed by atoms with Crippen molar-refractivity contribution in [1.82, 2.24) is 4.98 Å². The van der Waals surface area contributed by atoms with E-state index in [0.717, 1.165) is 11.1 Å². The Balaban J connectivity index is 2.53. The van der Waals surface area contributed by atoms with Crippen molar-refractivity contribution in [2.24, 2.45) is 0 Å². The molecule has 0 bridgehead atoms. The van der Waals surface area contributed by atoms with Gasteiger partial charge < -0.3 is 10.5 Å². The number of nitrogens with zero attached hydrogens (tertiary/aromatic N) is 1. The van der Waals surface area contributed by atoms with E-state index in [9.17, 15) is 0 Å². The van der Waals surface area contributed by atoms with Crippen LogP contribution >= 0.6 is 0 Å². The fourth-order valence-electron chi connectivity index (χ4n) is 1.66. The van der Waals surface area contributed by atoms with Gasteiger partial charge in [0.05, 0.1) is 7.11 Å². The van der Waals surface area contributed by atoms with Crippen LogP contribution in [0.25, 0.3) is 11.1 Å². The van der Waals surface area contributed by atoms with Crippen LogP contribution in [0.5, 0.6) is 5.75 Å². The normalized spacial score (nSPS) is 10.1. The molecule has 0 fully saturated rings. The molecule has 0 spiro atoms. The minimum atomic E-state index is 0.417. The molecule has 0 radical (unpaired) electrons. The minimum absolute atomic E-state index is 0.417. The van der Waals surface area contributed by atoms with Crippen LogP contribution in [-0.2, 0) is 0 Å². The van der Waals surface area contributed by atoms with Gasteiger partial charge in [0.25, 0.3) is 0 Å². The lowest BCUT2D eigenvalue weighted by Gasteiger charge is -2.08. The van der Waals surface area contributed by atoms with Crippen LogP contribution in [0.3, 0.4) is 0 Å². The lowest BCUT2D eigenvalue weighted by molar-refractivity contribution is 0.415. The summed E-state index contributed by atoms with van der Waals surface area (Å²) in [6.07, 6.45) is 1.76. The summed E-state index contributed by atoms with van der Waals surface area (Å²) in [5.74, 6) is 1.03. The van der Waals surface area contributed by atoms with E-state index in [1.165, 1.54) is 5.56 Å². The third kappa shape index (κ3) is 1.84. The third-order valence-corrected chi connectivity index (χ3v) is 2.56. The first-order chi connectivity index (χ1) is 7.72. The largest absolute Gasteiger partial charge is 0.493 e. The molecule has 1 aromatic carbocycles. The molecule has 0 aliphatic rings. The number of benzene rings is 1. The second-order valence-electron chi connectivity index (χ2n) is 3.63. The molecule has 0 unspecified atom stereocenters. The molecule has 1 heterocycles. The molecule has 2 aromatic rings. The molecule has 3 nitrogen and oxygen atoms in total. The lowest BCUT2D eigenvalue weighted by Crippen LogP contribution is -1.96. The van der Waals surface area contributed by atoms with E-state index >= 15 is 0 Å². The standard InChI is InChI=1S/C13H14N2O/c1-9-5-3-4-6-11(9)10-7-12(16-2)13(14)15-8-10/h3-8H,1-2H3,(H2,14,15). The monoisotopic (exact) mass is 214 g/mol. The summed E-state index contributed by atoms with van der Waals surface area (Å²) in [5.41, 5.74) is 9.05. The SMILES string of the molecule is COc1cc(-c2ccccc2C)cnc1N. The van der Waals surface area contributed by atoms with E-state index in [0.29, 0.717) is 11.6 Å². The maximum atomic E-state index is 5.68. The number of anilines is 1. The third-order valence-electron chi connectivity index (χ3n) is 2.56. The van der Waals surface area contributed by atoms with Gasteiger partial charge in [0.2, 0.25) is 0 Å². The maximum Gasteiger partial charge on any atom is 0.166 e. The van der Waals surface area contributed by atoms with Crippen LogP contribution in [0.4, 0.5) is 5.82 Å². The van der Waals surface area contributed by atoms with Crippen molar-refractivity contribution >= 4 is 5.82 Å². The van der Waals surface area contributed by atoms with Crippen molar-refractivity contribution < 1.29 is 4.74 Å². The van der Waals surface area contributed by atoms with Gasteiger partial charge in [-0.25, -0.2) is 4.98 Å². The summed E-state index contributed by atoms with van der Waals surface area (Å²) in [7, 11) is 1.59. The second kappa shape index (κ2) is 4.23. The molecule has 16 heavy (non-hydrogen) atoms. The van der Waals surface area contributed by atoms with Crippen LogP contribution < -0.4 is 10.5 Å². The number of hydrogen-bond acceptors (Lipinski definition) is 3. The first kappa shape index (κ1) is 10.5. The maximum absolute atomic E-state index is 5.68. The average Bonchev–Trinajstić information content (AvgIpc) is 2.31. The molecule has 2 rings (SSSR count). The summed E-state index contributed by atoms with van der Waals surface area (Å²) < 4.78 is 5.16. The van der Waals surface area contributed by atoms with Gasteiger partial charge in [0, 0.05) is 11.8 Å². The number of pyridine rings is 1. The highest BCUT2D eigenvalue weighted by atomic mass is 16.5. The van der Waals surface area contributed by atoms with Gasteiger partial charge in [0.1, 0.15) is 0 Å². The molecule has 1 aromatic heterocycles. The topological polar surface area (TPSA) is 48.1 Å². The van der Waals surface area contributed by atoms with Gasteiger partial charge in [-0.2, -0.15) is 0 Å². The molecule has 82 valence electrons. The highest BCUT2D eigenvalue weighted by molar-refractivity contribution is 5.69. The van der Waals surface area contributed by atoms with Gasteiger partial charge >= 0.3 is 0 Å². The molecule has 0 saturated carbocycles. The quantitative estimate of drug-likeness (QED) is 0.836. The van der Waals surface area contributed by atoms with Crippen molar-refractivity contribution in [1.29, 1.82) is 0 Å². The van der Waals surface area contributed by atoms with E-state index in [2.05, 4.69) is 24.0 Å². The number of nitrogens with two attached hydrogens (primary N) is 1. The number of methoxy groups -OCH3 is 1. The smallest absolute Gasteiger partial charge is 0.166 e. The summed E-state index contributed by atoms with van der Waals surface area (Å²) in [4.78, 5) is 4.12. The molecule has 0 amide bonds. The van der Waals surface area contributed by atoms with E-state index in [4.69, 9.17) is 10.5 Å². The van der Waals surface area contributed by atoms with Crippen LogP contribution in [0.2, 0.25) is 0 Å². The Bertz CT molecular complexity index is 509. The van der Waals surface area contributed by atoms with Gasteiger partial charge in [-0.1, -0.05) is 24.3 Å². The Morgan fingerprint density at radius 1 is 1.25 bits per heavy atom. The van der Waals surface area contributed by atoms with Crippen LogP contribution in [0.15, 0.2) is 36.5 Å².